The SMILES string of the molecule is COc1cc2nc(C3CCCC3)nc(N3CCC(C(N)=O)CC3)c2cc1OC. The van der Waals surface area contributed by atoms with E-state index in [0.29, 0.717) is 17.4 Å². The number of fused-ring (bicyclic) bond motifs is 1. The normalized spacial score (nSPS) is 18.6. The number of benzene rings is 1. The number of primary amides is 1. The van der Waals surface area contributed by atoms with Crippen LogP contribution in [-0.2, 0) is 4.79 Å². The van der Waals surface area contributed by atoms with Crippen LogP contribution in [0.2, 0.25) is 0 Å². The third kappa shape index (κ3) is 3.45. The third-order valence-electron chi connectivity index (χ3n) is 6.12. The maximum atomic E-state index is 11.5. The molecule has 1 aliphatic heterocycles. The van der Waals surface area contributed by atoms with E-state index in [1.165, 1.54) is 12.8 Å². The van der Waals surface area contributed by atoms with Gasteiger partial charge in [-0.05, 0) is 31.7 Å². The summed E-state index contributed by atoms with van der Waals surface area (Å²) in [7, 11) is 3.27. The van der Waals surface area contributed by atoms with Gasteiger partial charge in [-0.15, -0.1) is 0 Å². The van der Waals surface area contributed by atoms with Crippen molar-refractivity contribution in [2.75, 3.05) is 32.2 Å². The second kappa shape index (κ2) is 7.81. The molecule has 0 atom stereocenters. The summed E-state index contributed by atoms with van der Waals surface area (Å²) in [6.45, 7) is 1.52. The number of hydrogen-bond donors (Lipinski definition) is 1. The van der Waals surface area contributed by atoms with Crippen molar-refractivity contribution < 1.29 is 14.3 Å². The van der Waals surface area contributed by atoms with E-state index in [0.717, 1.165) is 61.3 Å². The molecule has 2 fully saturated rings. The average molecular weight is 384 g/mol. The fourth-order valence-corrected chi connectivity index (χ4v) is 4.44. The summed E-state index contributed by atoms with van der Waals surface area (Å²) < 4.78 is 11.0. The van der Waals surface area contributed by atoms with Crippen molar-refractivity contribution in [2.45, 2.75) is 44.4 Å². The quantitative estimate of drug-likeness (QED) is 0.852. The van der Waals surface area contributed by atoms with Crippen LogP contribution in [0.4, 0.5) is 5.82 Å². The van der Waals surface area contributed by atoms with Crippen LogP contribution in [0.1, 0.15) is 50.3 Å². The first-order chi connectivity index (χ1) is 13.6. The van der Waals surface area contributed by atoms with Gasteiger partial charge in [-0.2, -0.15) is 0 Å². The lowest BCUT2D eigenvalue weighted by Crippen LogP contribution is -2.39. The molecule has 7 nitrogen and oxygen atoms in total. The van der Waals surface area contributed by atoms with Crippen molar-refractivity contribution in [3.8, 4) is 11.5 Å². The lowest BCUT2D eigenvalue weighted by Gasteiger charge is -2.32. The van der Waals surface area contributed by atoms with Gasteiger partial charge >= 0.3 is 0 Å². The summed E-state index contributed by atoms with van der Waals surface area (Å²) in [6, 6.07) is 3.90. The van der Waals surface area contributed by atoms with Crippen molar-refractivity contribution in [1.29, 1.82) is 0 Å². The molecule has 1 aromatic carbocycles. The highest BCUT2D eigenvalue weighted by molar-refractivity contribution is 5.92. The Bertz CT molecular complexity index is 872. The van der Waals surface area contributed by atoms with Gasteiger partial charge in [-0.3, -0.25) is 4.79 Å². The average Bonchev–Trinajstić information content (AvgIpc) is 3.27. The highest BCUT2D eigenvalue weighted by Gasteiger charge is 2.28. The van der Waals surface area contributed by atoms with Crippen LogP contribution < -0.4 is 20.1 Å². The molecular weight excluding hydrogens is 356 g/mol. The number of anilines is 1. The minimum absolute atomic E-state index is 0.0479. The van der Waals surface area contributed by atoms with E-state index in [9.17, 15) is 4.79 Å². The molecule has 1 aliphatic carbocycles. The number of nitrogens with two attached hydrogens (primary N) is 1. The zero-order valence-corrected chi connectivity index (χ0v) is 16.6. The monoisotopic (exact) mass is 384 g/mol. The van der Waals surface area contributed by atoms with Gasteiger partial charge in [0.2, 0.25) is 5.91 Å². The zero-order chi connectivity index (χ0) is 19.7. The molecule has 1 aromatic heterocycles. The van der Waals surface area contributed by atoms with Crippen molar-refractivity contribution in [1.82, 2.24) is 9.97 Å². The Morgan fingerprint density at radius 3 is 2.29 bits per heavy atom. The fraction of sp³-hybridized carbons (Fsp3) is 0.571. The van der Waals surface area contributed by atoms with Crippen LogP contribution in [0.5, 0.6) is 11.5 Å². The lowest BCUT2D eigenvalue weighted by atomic mass is 9.96. The number of amides is 1. The van der Waals surface area contributed by atoms with Gasteiger partial charge < -0.3 is 20.1 Å². The summed E-state index contributed by atoms with van der Waals surface area (Å²) in [4.78, 5) is 23.7. The molecule has 2 N–H and O–H groups in total. The van der Waals surface area contributed by atoms with Gasteiger partial charge in [-0.1, -0.05) is 12.8 Å². The van der Waals surface area contributed by atoms with Crippen LogP contribution in [0, 0.1) is 5.92 Å². The van der Waals surface area contributed by atoms with E-state index >= 15 is 0 Å². The van der Waals surface area contributed by atoms with E-state index in [1.807, 2.05) is 12.1 Å². The second-order valence-electron chi connectivity index (χ2n) is 7.77. The maximum absolute atomic E-state index is 11.5. The summed E-state index contributed by atoms with van der Waals surface area (Å²) in [6.07, 6.45) is 6.26. The van der Waals surface area contributed by atoms with Crippen LogP contribution in [-0.4, -0.2) is 43.2 Å². The molecule has 0 unspecified atom stereocenters. The van der Waals surface area contributed by atoms with Crippen molar-refractivity contribution in [3.05, 3.63) is 18.0 Å². The smallest absolute Gasteiger partial charge is 0.220 e. The van der Waals surface area contributed by atoms with E-state index in [1.54, 1.807) is 14.2 Å². The summed E-state index contributed by atoms with van der Waals surface area (Å²) in [5.41, 5.74) is 6.38. The molecule has 0 bridgehead atoms. The van der Waals surface area contributed by atoms with E-state index in [4.69, 9.17) is 25.2 Å². The zero-order valence-electron chi connectivity index (χ0n) is 16.6. The van der Waals surface area contributed by atoms with Crippen molar-refractivity contribution in [2.24, 2.45) is 11.7 Å². The first-order valence-electron chi connectivity index (χ1n) is 10.1. The minimum atomic E-state index is -0.203. The Hall–Kier alpha value is -2.57. The maximum Gasteiger partial charge on any atom is 0.220 e. The van der Waals surface area contributed by atoms with Crippen LogP contribution >= 0.6 is 0 Å². The lowest BCUT2D eigenvalue weighted by molar-refractivity contribution is -0.122. The van der Waals surface area contributed by atoms with E-state index < -0.39 is 0 Å². The van der Waals surface area contributed by atoms with Gasteiger partial charge in [-0.25, -0.2) is 9.97 Å². The summed E-state index contributed by atoms with van der Waals surface area (Å²) in [5, 5.41) is 0.955. The largest absolute Gasteiger partial charge is 0.493 e. The predicted octanol–water partition coefficient (Wildman–Crippen LogP) is 3.01. The molecular formula is C21H28N4O3. The number of carbonyl (C=O) groups excluding carboxylic acids is 1. The predicted molar refractivity (Wildman–Crippen MR) is 108 cm³/mol. The third-order valence-corrected chi connectivity index (χ3v) is 6.12. The highest BCUT2D eigenvalue weighted by atomic mass is 16.5. The Morgan fingerprint density at radius 1 is 1.04 bits per heavy atom. The first-order valence-corrected chi connectivity index (χ1v) is 10.1. The minimum Gasteiger partial charge on any atom is -0.493 e. The van der Waals surface area contributed by atoms with Crippen LogP contribution in [0.3, 0.4) is 0 Å². The van der Waals surface area contributed by atoms with Gasteiger partial charge in [0.15, 0.2) is 11.5 Å². The fourth-order valence-electron chi connectivity index (χ4n) is 4.44. The highest BCUT2D eigenvalue weighted by Crippen LogP contribution is 2.39. The first kappa shape index (κ1) is 18.8. The summed E-state index contributed by atoms with van der Waals surface area (Å²) in [5.74, 6) is 3.35. The van der Waals surface area contributed by atoms with Gasteiger partial charge in [0.25, 0.3) is 0 Å². The molecule has 0 radical (unpaired) electrons. The second-order valence-corrected chi connectivity index (χ2v) is 7.77. The van der Waals surface area contributed by atoms with Crippen LogP contribution in [0.15, 0.2) is 12.1 Å². The molecule has 2 aromatic rings. The Kier molecular flexibility index (Phi) is 5.24. The topological polar surface area (TPSA) is 90.6 Å². The number of rotatable bonds is 5. The number of aromatic nitrogens is 2. The number of piperidine rings is 1. The molecule has 1 saturated heterocycles. The standard InChI is InChI=1S/C21H28N4O3/c1-27-17-11-15-16(12-18(17)28-2)23-20(14-5-3-4-6-14)24-21(15)25-9-7-13(8-10-25)19(22)26/h11-14H,3-10H2,1-2H3,(H2,22,26). The molecule has 2 aliphatic rings. The Labute approximate surface area is 165 Å². The molecule has 7 heteroatoms. The van der Waals surface area contributed by atoms with Crippen molar-refractivity contribution in [3.63, 3.8) is 0 Å². The summed E-state index contributed by atoms with van der Waals surface area (Å²) >= 11 is 0. The molecule has 1 amide bonds. The number of carbonyl (C=O) groups is 1. The van der Waals surface area contributed by atoms with Crippen LogP contribution in [0.25, 0.3) is 10.9 Å². The molecule has 28 heavy (non-hydrogen) atoms. The van der Waals surface area contributed by atoms with E-state index in [-0.39, 0.29) is 11.8 Å². The Balaban J connectivity index is 1.78. The molecule has 2 heterocycles. The molecule has 4 rings (SSSR count). The van der Waals surface area contributed by atoms with Crippen molar-refractivity contribution >= 4 is 22.6 Å². The Morgan fingerprint density at radius 2 is 1.68 bits per heavy atom. The molecule has 150 valence electrons. The molecule has 0 spiro atoms. The van der Waals surface area contributed by atoms with Gasteiger partial charge in [0.05, 0.1) is 19.7 Å². The number of hydrogen-bond acceptors (Lipinski definition) is 6. The van der Waals surface area contributed by atoms with Gasteiger partial charge in [0, 0.05) is 36.4 Å². The molecule has 1 saturated carbocycles. The number of methoxy groups -OCH3 is 2. The number of ether oxygens (including phenoxy) is 2. The van der Waals surface area contributed by atoms with Gasteiger partial charge in [0.1, 0.15) is 11.6 Å². The van der Waals surface area contributed by atoms with E-state index in [2.05, 4.69) is 4.90 Å². The number of nitrogens with zero attached hydrogens (tertiary/aromatic N) is 3.